The SMILES string of the molecule is C[C@@H](c1cccc(C(F)(F)F)c1)N1CC[C@H](C(C)(C)S(=O)(=O)c2cccc(C(F)(F)F)c2)CC1=O. The van der Waals surface area contributed by atoms with Gasteiger partial charge >= 0.3 is 12.4 Å². The lowest BCUT2D eigenvalue weighted by atomic mass is 9.84. The molecule has 2 aromatic carbocycles. The molecule has 4 nitrogen and oxygen atoms in total. The molecule has 0 saturated carbocycles. The van der Waals surface area contributed by atoms with Crippen molar-refractivity contribution in [3.8, 4) is 0 Å². The Balaban J connectivity index is 1.82. The number of likely N-dealkylation sites (tertiary alicyclic amines) is 1. The normalized spacial score (nSPS) is 19.1. The third-order valence-electron chi connectivity index (χ3n) is 6.77. The molecule has 2 aromatic rings. The highest BCUT2D eigenvalue weighted by atomic mass is 32.2. The molecule has 0 spiro atoms. The lowest BCUT2D eigenvalue weighted by Gasteiger charge is -2.42. The fourth-order valence-electron chi connectivity index (χ4n) is 4.37. The van der Waals surface area contributed by atoms with Gasteiger partial charge in [0.1, 0.15) is 0 Å². The summed E-state index contributed by atoms with van der Waals surface area (Å²) in [6, 6.07) is 7.48. The van der Waals surface area contributed by atoms with Crippen molar-refractivity contribution in [1.29, 1.82) is 0 Å². The predicted octanol–water partition coefficient (Wildman–Crippen LogP) is 6.28. The van der Waals surface area contributed by atoms with Crippen LogP contribution in [0.5, 0.6) is 0 Å². The van der Waals surface area contributed by atoms with E-state index in [1.54, 1.807) is 6.92 Å². The Bertz CT molecular complexity index is 1200. The van der Waals surface area contributed by atoms with Gasteiger partial charge in [0, 0.05) is 13.0 Å². The van der Waals surface area contributed by atoms with Crippen molar-refractivity contribution in [2.45, 2.75) is 61.6 Å². The van der Waals surface area contributed by atoms with Crippen molar-refractivity contribution in [2.75, 3.05) is 6.54 Å². The van der Waals surface area contributed by atoms with Crippen molar-refractivity contribution in [3.63, 3.8) is 0 Å². The summed E-state index contributed by atoms with van der Waals surface area (Å²) in [7, 11) is -4.25. The highest BCUT2D eigenvalue weighted by Crippen LogP contribution is 2.41. The van der Waals surface area contributed by atoms with Gasteiger partial charge in [-0.3, -0.25) is 4.79 Å². The van der Waals surface area contributed by atoms with Crippen LogP contribution >= 0.6 is 0 Å². The van der Waals surface area contributed by atoms with Crippen LogP contribution in [-0.2, 0) is 27.0 Å². The molecule has 35 heavy (non-hydrogen) atoms. The minimum Gasteiger partial charge on any atom is -0.336 e. The molecule has 3 rings (SSSR count). The molecule has 192 valence electrons. The van der Waals surface area contributed by atoms with Gasteiger partial charge in [0.15, 0.2) is 9.84 Å². The number of amides is 1. The van der Waals surface area contributed by atoms with Crippen LogP contribution in [0.1, 0.15) is 56.3 Å². The largest absolute Gasteiger partial charge is 0.416 e. The van der Waals surface area contributed by atoms with E-state index in [9.17, 15) is 39.6 Å². The van der Waals surface area contributed by atoms with Gasteiger partial charge in [-0.05, 0) is 69.0 Å². The predicted molar refractivity (Wildman–Crippen MR) is 117 cm³/mol. The van der Waals surface area contributed by atoms with E-state index in [0.717, 1.165) is 30.3 Å². The van der Waals surface area contributed by atoms with Gasteiger partial charge in [0.05, 0.1) is 26.8 Å². The molecule has 11 heteroatoms. The zero-order chi connectivity index (χ0) is 26.4. The van der Waals surface area contributed by atoms with Crippen LogP contribution in [0.25, 0.3) is 0 Å². The topological polar surface area (TPSA) is 54.5 Å². The van der Waals surface area contributed by atoms with Crippen molar-refractivity contribution < 1.29 is 39.6 Å². The first-order valence-corrected chi connectivity index (χ1v) is 12.3. The smallest absolute Gasteiger partial charge is 0.336 e. The van der Waals surface area contributed by atoms with Crippen LogP contribution in [-0.4, -0.2) is 30.5 Å². The molecule has 0 bridgehead atoms. The number of hydrogen-bond acceptors (Lipinski definition) is 3. The van der Waals surface area contributed by atoms with Gasteiger partial charge in [0.25, 0.3) is 0 Å². The van der Waals surface area contributed by atoms with Crippen LogP contribution in [0.3, 0.4) is 0 Å². The summed E-state index contributed by atoms with van der Waals surface area (Å²) in [4.78, 5) is 13.9. The molecule has 0 unspecified atom stereocenters. The van der Waals surface area contributed by atoms with Crippen LogP contribution in [0.2, 0.25) is 0 Å². The number of alkyl halides is 6. The van der Waals surface area contributed by atoms with Crippen molar-refractivity contribution in [1.82, 2.24) is 4.90 Å². The van der Waals surface area contributed by atoms with E-state index in [1.807, 2.05) is 0 Å². The minimum absolute atomic E-state index is 0.0997. The fourth-order valence-corrected chi connectivity index (χ4v) is 6.16. The second-order valence-corrected chi connectivity index (χ2v) is 11.7. The maximum absolute atomic E-state index is 13.3. The molecule has 1 aliphatic rings. The minimum atomic E-state index is -4.71. The summed E-state index contributed by atoms with van der Waals surface area (Å²) in [5.41, 5.74) is -1.63. The quantitative estimate of drug-likeness (QED) is 0.436. The highest BCUT2D eigenvalue weighted by Gasteiger charge is 2.47. The molecule has 0 aromatic heterocycles. The number of carbonyl (C=O) groups excluding carboxylic acids is 1. The number of nitrogens with zero attached hydrogens (tertiary/aromatic N) is 1. The Morgan fingerprint density at radius 1 is 0.914 bits per heavy atom. The summed E-state index contributed by atoms with van der Waals surface area (Å²) in [5.74, 6) is -1.13. The van der Waals surface area contributed by atoms with Crippen molar-refractivity contribution in [2.24, 2.45) is 5.92 Å². The lowest BCUT2D eigenvalue weighted by Crippen LogP contribution is -2.49. The van der Waals surface area contributed by atoms with E-state index >= 15 is 0 Å². The third kappa shape index (κ3) is 5.34. The Morgan fingerprint density at radius 3 is 2.00 bits per heavy atom. The van der Waals surface area contributed by atoms with Crippen LogP contribution in [0, 0.1) is 5.92 Å². The summed E-state index contributed by atoms with van der Waals surface area (Å²) < 4.78 is 104. The first kappa shape index (κ1) is 27.0. The molecule has 0 N–H and O–H groups in total. The number of sulfone groups is 1. The molecule has 1 fully saturated rings. The van der Waals surface area contributed by atoms with Crippen LogP contribution in [0.4, 0.5) is 26.3 Å². The van der Waals surface area contributed by atoms with Gasteiger partial charge in [-0.15, -0.1) is 0 Å². The zero-order valence-corrected chi connectivity index (χ0v) is 20.1. The van der Waals surface area contributed by atoms with Gasteiger partial charge in [-0.2, -0.15) is 26.3 Å². The maximum atomic E-state index is 13.3. The number of benzene rings is 2. The molecule has 0 aliphatic carbocycles. The van der Waals surface area contributed by atoms with Gasteiger partial charge in [0.2, 0.25) is 5.91 Å². The Labute approximate surface area is 199 Å². The molecular weight excluding hydrogens is 496 g/mol. The van der Waals surface area contributed by atoms with Crippen molar-refractivity contribution in [3.05, 3.63) is 65.2 Å². The third-order valence-corrected chi connectivity index (χ3v) is 9.36. The van der Waals surface area contributed by atoms with Gasteiger partial charge < -0.3 is 4.90 Å². The fraction of sp³-hybridized carbons (Fsp3) is 0.458. The zero-order valence-electron chi connectivity index (χ0n) is 19.2. The number of carbonyl (C=O) groups is 1. The number of halogens is 6. The average molecular weight is 522 g/mol. The molecule has 1 aliphatic heterocycles. The lowest BCUT2D eigenvalue weighted by molar-refractivity contribution is -0.138. The first-order valence-electron chi connectivity index (χ1n) is 10.8. The summed E-state index contributed by atoms with van der Waals surface area (Å²) >= 11 is 0. The van der Waals surface area contributed by atoms with Gasteiger partial charge in [-0.1, -0.05) is 18.2 Å². The summed E-state index contributed by atoms with van der Waals surface area (Å²) in [6.07, 6.45) is -9.22. The van der Waals surface area contributed by atoms with E-state index in [2.05, 4.69) is 0 Å². The molecule has 1 heterocycles. The first-order chi connectivity index (χ1) is 16.0. The molecular formula is C24H25F6NO3S. The molecule has 1 saturated heterocycles. The Kier molecular flexibility index (Phi) is 7.06. The Morgan fingerprint density at radius 2 is 1.46 bits per heavy atom. The van der Waals surface area contributed by atoms with Crippen molar-refractivity contribution >= 4 is 15.7 Å². The maximum Gasteiger partial charge on any atom is 0.416 e. The van der Waals surface area contributed by atoms with E-state index in [-0.39, 0.29) is 19.4 Å². The number of hydrogen-bond donors (Lipinski definition) is 0. The van der Waals surface area contributed by atoms with E-state index in [1.165, 1.54) is 30.9 Å². The second kappa shape index (κ2) is 9.15. The van der Waals surface area contributed by atoms with Crippen LogP contribution in [0.15, 0.2) is 53.4 Å². The molecule has 1 amide bonds. The van der Waals surface area contributed by atoms with Gasteiger partial charge in [-0.25, -0.2) is 8.42 Å². The summed E-state index contributed by atoms with van der Waals surface area (Å²) in [5, 5.41) is 0. The highest BCUT2D eigenvalue weighted by molar-refractivity contribution is 7.92. The Hall–Kier alpha value is -2.56. The standard InChI is InChI=1S/C24H25F6NO3S/c1-15(16-6-4-7-18(12-16)23(25,26)27)31-11-10-17(14-21(31)32)22(2,3)35(33,34)20-9-5-8-19(13-20)24(28,29)30/h4-9,12-13,15,17H,10-11,14H2,1-3H3/t15-,17-/m0/s1. The van der Waals surface area contributed by atoms with E-state index < -0.39 is 60.8 Å². The second-order valence-electron chi connectivity index (χ2n) is 9.21. The molecule has 0 radical (unpaired) electrons. The van der Waals surface area contributed by atoms with E-state index in [4.69, 9.17) is 0 Å². The number of rotatable bonds is 5. The number of piperidine rings is 1. The molecule has 2 atom stereocenters. The van der Waals surface area contributed by atoms with Crippen LogP contribution < -0.4 is 0 Å². The summed E-state index contributed by atoms with van der Waals surface area (Å²) in [6.45, 7) is 4.46. The monoisotopic (exact) mass is 521 g/mol. The van der Waals surface area contributed by atoms with E-state index in [0.29, 0.717) is 11.6 Å². The average Bonchev–Trinajstić information content (AvgIpc) is 2.77.